The minimum Gasteiger partial charge on any atom is -0.495 e. The van der Waals surface area contributed by atoms with E-state index < -0.39 is 6.09 Å². The van der Waals surface area contributed by atoms with Crippen molar-refractivity contribution in [3.63, 3.8) is 0 Å². The molecule has 0 radical (unpaired) electrons. The lowest BCUT2D eigenvalue weighted by Crippen LogP contribution is -2.53. The zero-order valence-electron chi connectivity index (χ0n) is 23.3. The summed E-state index contributed by atoms with van der Waals surface area (Å²) in [6.07, 6.45) is 9.35. The first-order chi connectivity index (χ1) is 18.3. The molecule has 0 bridgehead atoms. The summed E-state index contributed by atoms with van der Waals surface area (Å²) >= 11 is 0. The summed E-state index contributed by atoms with van der Waals surface area (Å²) in [5, 5.41) is 2.83. The fourth-order valence-electron chi connectivity index (χ4n) is 5.90. The van der Waals surface area contributed by atoms with Gasteiger partial charge in [-0.25, -0.2) is 9.28 Å². The number of amides is 1. The number of nitrogens with zero attached hydrogens (tertiary/aromatic N) is 5. The Morgan fingerprint density at radius 1 is 1.24 bits per heavy atom. The van der Waals surface area contributed by atoms with Crippen LogP contribution < -0.4 is 10.1 Å². The van der Waals surface area contributed by atoms with Crippen molar-refractivity contribution in [2.75, 3.05) is 52.7 Å². The normalized spacial score (nSPS) is 28.0. The van der Waals surface area contributed by atoms with E-state index in [4.69, 9.17) is 14.5 Å². The number of hydrogen-bond donors (Lipinski definition) is 1. The van der Waals surface area contributed by atoms with Gasteiger partial charge in [0.15, 0.2) is 5.70 Å². The minimum atomic E-state index is -0.476. The standard InChI is InChI=1S/C29H40N6O3/c1-6-7-20(2)38-29(36)31-24-9-8-21(18-26(24)37-5)28-32-27(25-19-30-10-15-35(25,28)4)22-16-23(17-22)34-13-11-33(3)12-14-34/h8-10,15,18-20,22-23H,6-7,11-14,16-17H2,1-5H3/p+1/t20-,22?,23?,35?/m0/s1. The number of nitrogens with one attached hydrogen (secondary N) is 1. The fourth-order valence-corrected chi connectivity index (χ4v) is 5.90. The SMILES string of the molecule is CCC[C@H](C)OC(=O)Nc1ccc(C2=NC(C3CC(N4CCN(C)CC4)C3)=C3C=NC=C[N+]23C)cc1OC. The average molecular weight is 522 g/mol. The fraction of sp³-hybridized carbons (Fsp3) is 0.552. The molecular weight excluding hydrogens is 480 g/mol. The number of methoxy groups -OCH3 is 1. The van der Waals surface area contributed by atoms with Gasteiger partial charge in [-0.15, -0.1) is 0 Å². The van der Waals surface area contributed by atoms with Crippen molar-refractivity contribution >= 4 is 23.8 Å². The number of hydrogen-bond acceptors (Lipinski definition) is 7. The summed E-state index contributed by atoms with van der Waals surface area (Å²) in [5.41, 5.74) is 3.81. The zero-order chi connectivity index (χ0) is 26.9. The second kappa shape index (κ2) is 11.0. The van der Waals surface area contributed by atoms with Crippen LogP contribution >= 0.6 is 0 Å². The van der Waals surface area contributed by atoms with Gasteiger partial charge in [0.25, 0.3) is 0 Å². The van der Waals surface area contributed by atoms with Crippen molar-refractivity contribution < 1.29 is 18.8 Å². The molecular formula is C29H41N6O3+. The Morgan fingerprint density at radius 2 is 2.00 bits per heavy atom. The number of likely N-dealkylation sites (N-methyl/N-ethyl adjacent to an activating group) is 1. The number of carbonyl (C=O) groups is 1. The highest BCUT2D eigenvalue weighted by Gasteiger charge is 2.48. The van der Waals surface area contributed by atoms with Gasteiger partial charge < -0.3 is 14.4 Å². The molecule has 1 saturated heterocycles. The highest BCUT2D eigenvalue weighted by atomic mass is 16.6. The molecule has 4 aliphatic rings. The van der Waals surface area contributed by atoms with Gasteiger partial charge in [-0.2, -0.15) is 4.99 Å². The Balaban J connectivity index is 1.34. The molecule has 1 amide bonds. The first kappa shape index (κ1) is 26.6. The number of anilines is 1. The molecule has 3 aliphatic heterocycles. The van der Waals surface area contributed by atoms with Crippen LogP contribution in [0.15, 0.2) is 52.0 Å². The molecule has 38 heavy (non-hydrogen) atoms. The number of benzene rings is 1. The van der Waals surface area contributed by atoms with Crippen LogP contribution in [-0.4, -0.2) is 92.0 Å². The van der Waals surface area contributed by atoms with E-state index in [0.717, 1.165) is 74.7 Å². The molecule has 2 fully saturated rings. The van der Waals surface area contributed by atoms with E-state index in [9.17, 15) is 4.79 Å². The maximum atomic E-state index is 12.4. The first-order valence-electron chi connectivity index (χ1n) is 13.8. The Morgan fingerprint density at radius 3 is 2.71 bits per heavy atom. The summed E-state index contributed by atoms with van der Waals surface area (Å²) < 4.78 is 11.6. The summed E-state index contributed by atoms with van der Waals surface area (Å²) in [5.74, 6) is 1.94. The van der Waals surface area contributed by atoms with E-state index in [-0.39, 0.29) is 6.10 Å². The van der Waals surface area contributed by atoms with Gasteiger partial charge in [-0.3, -0.25) is 15.2 Å². The molecule has 204 valence electrons. The number of allylic oxidation sites excluding steroid dienone is 2. The Hall–Kier alpha value is -3.01. The van der Waals surface area contributed by atoms with E-state index in [1.165, 1.54) is 0 Å². The van der Waals surface area contributed by atoms with Crippen LogP contribution in [0.3, 0.4) is 0 Å². The minimum absolute atomic E-state index is 0.139. The van der Waals surface area contributed by atoms with Gasteiger partial charge in [-0.1, -0.05) is 13.3 Å². The van der Waals surface area contributed by atoms with Crippen LogP contribution in [0.1, 0.15) is 45.1 Å². The topological polar surface area (TPSA) is 78.8 Å². The smallest absolute Gasteiger partial charge is 0.412 e. The number of piperazine rings is 1. The zero-order valence-corrected chi connectivity index (χ0v) is 23.3. The number of quaternary nitrogens is 1. The van der Waals surface area contributed by atoms with Gasteiger partial charge in [0.2, 0.25) is 5.84 Å². The van der Waals surface area contributed by atoms with E-state index >= 15 is 0 Å². The number of ether oxygens (including phenoxy) is 2. The van der Waals surface area contributed by atoms with Gasteiger partial charge in [-0.05, 0) is 51.4 Å². The van der Waals surface area contributed by atoms with Crippen LogP contribution in [0.25, 0.3) is 0 Å². The highest BCUT2D eigenvalue weighted by molar-refractivity contribution is 6.01. The van der Waals surface area contributed by atoms with Gasteiger partial charge in [0, 0.05) is 38.1 Å². The Labute approximate surface area is 226 Å². The summed E-state index contributed by atoms with van der Waals surface area (Å²) in [6, 6.07) is 6.44. The lowest BCUT2D eigenvalue weighted by molar-refractivity contribution is -0.713. The predicted octanol–water partition coefficient (Wildman–Crippen LogP) is 4.43. The van der Waals surface area contributed by atoms with Crippen LogP contribution in [0.5, 0.6) is 5.75 Å². The van der Waals surface area contributed by atoms with E-state index in [1.807, 2.05) is 37.5 Å². The maximum absolute atomic E-state index is 12.4. The lowest BCUT2D eigenvalue weighted by Gasteiger charge is -2.45. The molecule has 1 aromatic rings. The molecule has 0 aromatic heterocycles. The molecule has 2 atom stereocenters. The molecule has 1 N–H and O–H groups in total. The van der Waals surface area contributed by atoms with Crippen molar-refractivity contribution in [2.24, 2.45) is 15.9 Å². The van der Waals surface area contributed by atoms with E-state index in [2.05, 4.69) is 47.3 Å². The largest absolute Gasteiger partial charge is 0.495 e. The molecule has 1 saturated carbocycles. The third-order valence-corrected chi connectivity index (χ3v) is 8.33. The summed E-state index contributed by atoms with van der Waals surface area (Å²) in [6.45, 7) is 8.56. The third kappa shape index (κ3) is 5.15. The van der Waals surface area contributed by atoms with Crippen molar-refractivity contribution in [1.29, 1.82) is 0 Å². The molecule has 1 unspecified atom stereocenters. The first-order valence-corrected chi connectivity index (χ1v) is 13.8. The number of rotatable bonds is 8. The van der Waals surface area contributed by atoms with Crippen LogP contribution in [0, 0.1) is 5.92 Å². The number of aliphatic imine (C=N–C) groups is 2. The average Bonchev–Trinajstić information content (AvgIpc) is 3.17. The van der Waals surface area contributed by atoms with E-state index in [1.54, 1.807) is 7.11 Å². The Kier molecular flexibility index (Phi) is 7.70. The van der Waals surface area contributed by atoms with Crippen molar-refractivity contribution in [1.82, 2.24) is 9.80 Å². The third-order valence-electron chi connectivity index (χ3n) is 8.33. The molecule has 9 heteroatoms. The molecule has 5 rings (SSSR count). The van der Waals surface area contributed by atoms with Crippen LogP contribution in [0.4, 0.5) is 10.5 Å². The quantitative estimate of drug-likeness (QED) is 0.512. The monoisotopic (exact) mass is 521 g/mol. The number of amidine groups is 1. The second-order valence-electron chi connectivity index (χ2n) is 11.1. The van der Waals surface area contributed by atoms with Crippen LogP contribution in [0.2, 0.25) is 0 Å². The Bertz CT molecular complexity index is 1180. The van der Waals surface area contributed by atoms with Crippen LogP contribution in [-0.2, 0) is 4.74 Å². The van der Waals surface area contributed by atoms with Crippen molar-refractivity contribution in [3.05, 3.63) is 47.6 Å². The molecule has 3 heterocycles. The van der Waals surface area contributed by atoms with Gasteiger partial charge >= 0.3 is 6.09 Å². The second-order valence-corrected chi connectivity index (χ2v) is 11.1. The van der Waals surface area contributed by atoms with Crippen molar-refractivity contribution in [3.8, 4) is 5.75 Å². The molecule has 1 aromatic carbocycles. The number of fused-ring (bicyclic) bond motifs is 1. The number of carbonyl (C=O) groups excluding carboxylic acids is 1. The molecule has 9 nitrogen and oxygen atoms in total. The van der Waals surface area contributed by atoms with Gasteiger partial charge in [0.1, 0.15) is 23.8 Å². The molecule has 0 spiro atoms. The van der Waals surface area contributed by atoms with Crippen molar-refractivity contribution in [2.45, 2.75) is 51.7 Å². The summed E-state index contributed by atoms with van der Waals surface area (Å²) in [4.78, 5) is 27.2. The van der Waals surface area contributed by atoms with Gasteiger partial charge in [0.05, 0.1) is 37.8 Å². The molecule has 1 aliphatic carbocycles. The van der Waals surface area contributed by atoms with E-state index in [0.29, 0.717) is 27.9 Å². The summed E-state index contributed by atoms with van der Waals surface area (Å²) in [7, 11) is 5.97. The predicted molar refractivity (Wildman–Crippen MR) is 150 cm³/mol. The lowest BCUT2D eigenvalue weighted by atomic mass is 9.76. The maximum Gasteiger partial charge on any atom is 0.412 e. The highest BCUT2D eigenvalue weighted by Crippen LogP contribution is 2.45.